The second-order valence-corrected chi connectivity index (χ2v) is 6.45. The molecule has 0 fully saturated rings. The summed E-state index contributed by atoms with van der Waals surface area (Å²) in [5.41, 5.74) is 1.90. The average molecular weight is 364 g/mol. The predicted molar refractivity (Wildman–Crippen MR) is 103 cm³/mol. The van der Waals surface area contributed by atoms with E-state index in [1.807, 2.05) is 60.7 Å². The summed E-state index contributed by atoms with van der Waals surface area (Å²) in [5, 5.41) is 13.9. The molecular weight excluding hydrogens is 348 g/mol. The van der Waals surface area contributed by atoms with Gasteiger partial charge in [0.15, 0.2) is 5.82 Å². The predicted octanol–water partition coefficient (Wildman–Crippen LogP) is 4.04. The number of hydrogen-bond donors (Lipinski definition) is 0. The van der Waals surface area contributed by atoms with Gasteiger partial charge in [0.05, 0.1) is 14.2 Å². The zero-order chi connectivity index (χ0) is 17.9. The molecule has 0 aliphatic heterocycles. The van der Waals surface area contributed by atoms with E-state index >= 15 is 0 Å². The zero-order valence-corrected chi connectivity index (χ0v) is 15.1. The second kappa shape index (κ2) is 6.97. The molecule has 0 aliphatic rings. The fourth-order valence-corrected chi connectivity index (χ4v) is 3.35. The summed E-state index contributed by atoms with van der Waals surface area (Å²) in [5.74, 6) is 2.28. The van der Waals surface area contributed by atoms with Crippen LogP contribution in [0.3, 0.4) is 0 Å². The first-order valence-corrected chi connectivity index (χ1v) is 8.78. The molecule has 26 heavy (non-hydrogen) atoms. The SMILES string of the molecule is COc1cccc(-c2nnc3sc(/C=C\c4ccccc4OC)nn23)c1. The van der Waals surface area contributed by atoms with Crippen LogP contribution >= 0.6 is 11.3 Å². The first kappa shape index (κ1) is 16.3. The Labute approximate surface area is 154 Å². The van der Waals surface area contributed by atoms with E-state index in [2.05, 4.69) is 15.3 Å². The van der Waals surface area contributed by atoms with Gasteiger partial charge >= 0.3 is 0 Å². The summed E-state index contributed by atoms with van der Waals surface area (Å²) in [4.78, 5) is 0.738. The lowest BCUT2D eigenvalue weighted by Crippen LogP contribution is -1.91. The van der Waals surface area contributed by atoms with Crippen molar-refractivity contribution in [1.82, 2.24) is 19.8 Å². The Morgan fingerprint density at radius 2 is 1.85 bits per heavy atom. The van der Waals surface area contributed by atoms with E-state index in [9.17, 15) is 0 Å². The molecule has 6 nitrogen and oxygen atoms in total. The number of fused-ring (bicyclic) bond motifs is 1. The van der Waals surface area contributed by atoms with E-state index in [0.717, 1.165) is 32.6 Å². The Morgan fingerprint density at radius 1 is 0.962 bits per heavy atom. The zero-order valence-electron chi connectivity index (χ0n) is 14.3. The summed E-state index contributed by atoms with van der Waals surface area (Å²) in [6.45, 7) is 0. The van der Waals surface area contributed by atoms with Crippen molar-refractivity contribution in [2.45, 2.75) is 0 Å². The highest BCUT2D eigenvalue weighted by atomic mass is 32.1. The minimum atomic E-state index is 0.687. The third-order valence-electron chi connectivity index (χ3n) is 3.88. The van der Waals surface area contributed by atoms with Crippen LogP contribution < -0.4 is 9.47 Å². The standard InChI is InChI=1S/C19H16N4O2S/c1-24-15-8-5-7-14(12-15)18-20-21-19-23(18)22-17(26-19)11-10-13-6-3-4-9-16(13)25-2/h3-12H,1-2H3/b11-10-. The van der Waals surface area contributed by atoms with Crippen LogP contribution in [0.15, 0.2) is 48.5 Å². The van der Waals surface area contributed by atoms with Crippen molar-refractivity contribution in [3.8, 4) is 22.9 Å². The number of aromatic nitrogens is 4. The van der Waals surface area contributed by atoms with E-state index in [1.54, 1.807) is 18.7 Å². The fraction of sp³-hybridized carbons (Fsp3) is 0.105. The number of hydrogen-bond acceptors (Lipinski definition) is 6. The van der Waals surface area contributed by atoms with Gasteiger partial charge in [0.1, 0.15) is 16.5 Å². The molecule has 0 aliphatic carbocycles. The Hall–Kier alpha value is -3.19. The molecule has 2 aromatic heterocycles. The summed E-state index contributed by atoms with van der Waals surface area (Å²) in [6, 6.07) is 15.5. The first-order chi connectivity index (χ1) is 12.8. The second-order valence-electron chi connectivity index (χ2n) is 5.47. The summed E-state index contributed by atoms with van der Waals surface area (Å²) < 4.78 is 12.4. The maximum Gasteiger partial charge on any atom is 0.235 e. The van der Waals surface area contributed by atoms with E-state index < -0.39 is 0 Å². The van der Waals surface area contributed by atoms with E-state index in [4.69, 9.17) is 9.47 Å². The quantitative estimate of drug-likeness (QED) is 0.535. The Morgan fingerprint density at radius 3 is 2.69 bits per heavy atom. The molecule has 0 saturated heterocycles. The van der Waals surface area contributed by atoms with Gasteiger partial charge in [-0.05, 0) is 30.4 Å². The van der Waals surface area contributed by atoms with Crippen LogP contribution in [0.4, 0.5) is 0 Å². The van der Waals surface area contributed by atoms with Crippen molar-refractivity contribution in [2.75, 3.05) is 14.2 Å². The van der Waals surface area contributed by atoms with Crippen molar-refractivity contribution >= 4 is 28.4 Å². The van der Waals surface area contributed by atoms with Gasteiger partial charge in [-0.1, -0.05) is 41.7 Å². The van der Waals surface area contributed by atoms with Gasteiger partial charge in [-0.25, -0.2) is 0 Å². The van der Waals surface area contributed by atoms with Gasteiger partial charge in [-0.3, -0.25) is 0 Å². The van der Waals surface area contributed by atoms with Crippen molar-refractivity contribution in [2.24, 2.45) is 0 Å². The monoisotopic (exact) mass is 364 g/mol. The highest BCUT2D eigenvalue weighted by Crippen LogP contribution is 2.26. The lowest BCUT2D eigenvalue weighted by Gasteiger charge is -2.02. The maximum absolute atomic E-state index is 5.37. The van der Waals surface area contributed by atoms with Crippen LogP contribution in [0.1, 0.15) is 10.6 Å². The van der Waals surface area contributed by atoms with Gasteiger partial charge in [-0.2, -0.15) is 9.61 Å². The summed E-state index contributed by atoms with van der Waals surface area (Å²) >= 11 is 1.47. The van der Waals surface area contributed by atoms with E-state index in [0.29, 0.717) is 5.82 Å². The smallest absolute Gasteiger partial charge is 0.235 e. The minimum absolute atomic E-state index is 0.687. The van der Waals surface area contributed by atoms with Crippen molar-refractivity contribution in [3.05, 3.63) is 59.1 Å². The molecule has 0 spiro atoms. The molecular formula is C19H16N4O2S. The number of methoxy groups -OCH3 is 2. The molecule has 0 saturated carbocycles. The maximum atomic E-state index is 5.37. The van der Waals surface area contributed by atoms with Crippen LogP contribution in [-0.4, -0.2) is 34.0 Å². The Kier molecular flexibility index (Phi) is 4.37. The lowest BCUT2D eigenvalue weighted by molar-refractivity contribution is 0.414. The lowest BCUT2D eigenvalue weighted by atomic mass is 10.2. The number of para-hydroxylation sites is 1. The molecule has 7 heteroatoms. The van der Waals surface area contributed by atoms with Crippen LogP contribution in [0.25, 0.3) is 28.5 Å². The highest BCUT2D eigenvalue weighted by Gasteiger charge is 2.13. The van der Waals surface area contributed by atoms with Crippen molar-refractivity contribution in [1.29, 1.82) is 0 Å². The van der Waals surface area contributed by atoms with Crippen LogP contribution in [-0.2, 0) is 0 Å². The molecule has 0 unspecified atom stereocenters. The molecule has 2 aromatic carbocycles. The molecule has 4 rings (SSSR count). The largest absolute Gasteiger partial charge is 0.497 e. The highest BCUT2D eigenvalue weighted by molar-refractivity contribution is 7.17. The molecule has 0 N–H and O–H groups in total. The summed E-state index contributed by atoms with van der Waals surface area (Å²) in [7, 11) is 3.30. The van der Waals surface area contributed by atoms with Gasteiger partial charge in [0.25, 0.3) is 0 Å². The van der Waals surface area contributed by atoms with E-state index in [1.165, 1.54) is 11.3 Å². The number of benzene rings is 2. The summed E-state index contributed by atoms with van der Waals surface area (Å²) in [6.07, 6.45) is 3.93. The van der Waals surface area contributed by atoms with Crippen molar-refractivity contribution < 1.29 is 9.47 Å². The molecule has 130 valence electrons. The third-order valence-corrected chi connectivity index (χ3v) is 4.74. The van der Waals surface area contributed by atoms with Crippen LogP contribution in [0.2, 0.25) is 0 Å². The topological polar surface area (TPSA) is 61.5 Å². The van der Waals surface area contributed by atoms with Crippen LogP contribution in [0.5, 0.6) is 11.5 Å². The average Bonchev–Trinajstić information content (AvgIpc) is 3.27. The number of rotatable bonds is 5. The molecule has 0 atom stereocenters. The van der Waals surface area contributed by atoms with Crippen molar-refractivity contribution in [3.63, 3.8) is 0 Å². The van der Waals surface area contributed by atoms with E-state index in [-0.39, 0.29) is 0 Å². The van der Waals surface area contributed by atoms with Gasteiger partial charge in [0, 0.05) is 11.1 Å². The third kappa shape index (κ3) is 3.04. The molecule has 0 radical (unpaired) electrons. The van der Waals surface area contributed by atoms with Gasteiger partial charge in [0.2, 0.25) is 4.96 Å². The number of ether oxygens (including phenoxy) is 2. The van der Waals surface area contributed by atoms with Crippen LogP contribution in [0, 0.1) is 0 Å². The van der Waals surface area contributed by atoms with Gasteiger partial charge in [-0.15, -0.1) is 10.2 Å². The first-order valence-electron chi connectivity index (χ1n) is 7.96. The molecule has 2 heterocycles. The molecule has 0 bridgehead atoms. The molecule has 4 aromatic rings. The molecule has 0 amide bonds. The number of nitrogens with zero attached hydrogens (tertiary/aromatic N) is 4. The fourth-order valence-electron chi connectivity index (χ4n) is 2.61. The minimum Gasteiger partial charge on any atom is -0.497 e. The Bertz CT molecular complexity index is 1080. The normalized spacial score (nSPS) is 11.3. The Balaban J connectivity index is 1.68. The van der Waals surface area contributed by atoms with Gasteiger partial charge < -0.3 is 9.47 Å².